The van der Waals surface area contributed by atoms with Crippen molar-refractivity contribution in [3.8, 4) is 0 Å². The first-order valence-electron chi connectivity index (χ1n) is 6.52. The summed E-state index contributed by atoms with van der Waals surface area (Å²) in [6.45, 7) is 5.83. The van der Waals surface area contributed by atoms with Crippen LogP contribution < -0.4 is 11.1 Å². The number of nitro groups is 1. The smallest absolute Gasteiger partial charge is 0.288 e. The number of nitrogens with one attached hydrogen (secondary N) is 1. The van der Waals surface area contributed by atoms with E-state index in [1.165, 1.54) is 6.07 Å². The average molecular weight is 280 g/mol. The summed E-state index contributed by atoms with van der Waals surface area (Å²) in [7, 11) is 0. The van der Waals surface area contributed by atoms with E-state index >= 15 is 0 Å². The maximum absolute atomic E-state index is 12.3. The van der Waals surface area contributed by atoms with Crippen molar-refractivity contribution < 1.29 is 9.72 Å². The molecule has 1 aromatic heterocycles. The molecule has 0 aliphatic rings. The predicted octanol–water partition coefficient (Wildman–Crippen LogP) is 1.55. The van der Waals surface area contributed by atoms with Crippen LogP contribution in [0.4, 0.5) is 5.69 Å². The lowest BCUT2D eigenvalue weighted by molar-refractivity contribution is -0.385. The van der Waals surface area contributed by atoms with Crippen molar-refractivity contribution in [2.75, 3.05) is 6.54 Å². The Labute approximate surface area is 117 Å². The monoisotopic (exact) mass is 280 g/mol. The lowest BCUT2D eigenvalue weighted by Gasteiger charge is -2.31. The van der Waals surface area contributed by atoms with E-state index in [1.807, 2.05) is 13.8 Å². The SMILES string of the molecule is CCC(CC)(CN)NC(=O)c1cc([N+](=O)[O-])cnc1C. The first-order chi connectivity index (χ1) is 9.39. The van der Waals surface area contributed by atoms with E-state index in [-0.39, 0.29) is 17.2 Å². The molecule has 0 unspecified atom stereocenters. The molecule has 0 fully saturated rings. The molecule has 0 aliphatic heterocycles. The fourth-order valence-electron chi connectivity index (χ4n) is 1.93. The van der Waals surface area contributed by atoms with Crippen molar-refractivity contribution in [2.45, 2.75) is 39.2 Å². The van der Waals surface area contributed by atoms with Crippen LogP contribution >= 0.6 is 0 Å². The maximum Gasteiger partial charge on any atom is 0.288 e. The molecule has 0 aliphatic carbocycles. The number of hydrogen-bond acceptors (Lipinski definition) is 5. The summed E-state index contributed by atoms with van der Waals surface area (Å²) in [5.41, 5.74) is 5.70. The van der Waals surface area contributed by atoms with Crippen molar-refractivity contribution in [3.63, 3.8) is 0 Å². The number of amides is 1. The van der Waals surface area contributed by atoms with Gasteiger partial charge >= 0.3 is 0 Å². The van der Waals surface area contributed by atoms with Crippen LogP contribution in [-0.2, 0) is 0 Å². The van der Waals surface area contributed by atoms with Gasteiger partial charge < -0.3 is 11.1 Å². The average Bonchev–Trinajstić information content (AvgIpc) is 2.45. The summed E-state index contributed by atoms with van der Waals surface area (Å²) in [4.78, 5) is 26.4. The lowest BCUT2D eigenvalue weighted by Crippen LogP contribution is -2.53. The Morgan fingerprint density at radius 3 is 2.55 bits per heavy atom. The fourth-order valence-corrected chi connectivity index (χ4v) is 1.93. The highest BCUT2D eigenvalue weighted by Gasteiger charge is 2.28. The van der Waals surface area contributed by atoms with Crippen molar-refractivity contribution in [3.05, 3.63) is 33.6 Å². The minimum absolute atomic E-state index is 0.202. The van der Waals surface area contributed by atoms with E-state index < -0.39 is 10.5 Å². The first kappa shape index (κ1) is 16.0. The normalized spacial score (nSPS) is 11.2. The van der Waals surface area contributed by atoms with E-state index in [2.05, 4.69) is 10.3 Å². The summed E-state index contributed by atoms with van der Waals surface area (Å²) < 4.78 is 0. The van der Waals surface area contributed by atoms with Gasteiger partial charge in [0, 0.05) is 12.6 Å². The highest BCUT2D eigenvalue weighted by molar-refractivity contribution is 5.96. The van der Waals surface area contributed by atoms with Gasteiger partial charge in [-0.1, -0.05) is 13.8 Å². The zero-order chi connectivity index (χ0) is 15.3. The number of pyridine rings is 1. The molecule has 7 nitrogen and oxygen atoms in total. The Hall–Kier alpha value is -2.02. The maximum atomic E-state index is 12.3. The number of carbonyl (C=O) groups excluding carboxylic acids is 1. The van der Waals surface area contributed by atoms with E-state index in [0.717, 1.165) is 6.20 Å². The minimum atomic E-state index is -0.570. The zero-order valence-corrected chi connectivity index (χ0v) is 12.0. The highest BCUT2D eigenvalue weighted by atomic mass is 16.6. The molecule has 0 saturated heterocycles. The van der Waals surface area contributed by atoms with Crippen LogP contribution in [0, 0.1) is 17.0 Å². The molecular formula is C13H20N4O3. The number of rotatable bonds is 6. The third kappa shape index (κ3) is 3.30. The second-order valence-corrected chi connectivity index (χ2v) is 4.73. The Morgan fingerprint density at radius 1 is 1.50 bits per heavy atom. The van der Waals surface area contributed by atoms with E-state index in [4.69, 9.17) is 5.73 Å². The van der Waals surface area contributed by atoms with Gasteiger partial charge in [-0.25, -0.2) is 0 Å². The molecule has 20 heavy (non-hydrogen) atoms. The summed E-state index contributed by atoms with van der Waals surface area (Å²) in [6, 6.07) is 1.24. The Balaban J connectivity index is 3.08. The van der Waals surface area contributed by atoms with Gasteiger partial charge in [0.2, 0.25) is 0 Å². The number of aryl methyl sites for hydroxylation is 1. The second-order valence-electron chi connectivity index (χ2n) is 4.73. The molecule has 0 bridgehead atoms. The molecule has 1 heterocycles. The molecule has 1 amide bonds. The molecule has 7 heteroatoms. The van der Waals surface area contributed by atoms with Gasteiger partial charge in [0.1, 0.15) is 6.20 Å². The molecule has 1 aromatic rings. The van der Waals surface area contributed by atoms with Crippen LogP contribution in [0.25, 0.3) is 0 Å². The topological polar surface area (TPSA) is 111 Å². The third-order valence-corrected chi connectivity index (χ3v) is 3.65. The number of hydrogen-bond donors (Lipinski definition) is 2. The van der Waals surface area contributed by atoms with Gasteiger partial charge in [-0.15, -0.1) is 0 Å². The molecule has 1 rings (SSSR count). The van der Waals surface area contributed by atoms with Crippen LogP contribution in [0.3, 0.4) is 0 Å². The number of nitrogens with two attached hydrogens (primary N) is 1. The first-order valence-corrected chi connectivity index (χ1v) is 6.52. The summed E-state index contributed by atoms with van der Waals surface area (Å²) in [6.07, 6.45) is 2.52. The highest BCUT2D eigenvalue weighted by Crippen LogP contribution is 2.18. The van der Waals surface area contributed by atoms with Gasteiger partial charge in [-0.05, 0) is 19.8 Å². The van der Waals surface area contributed by atoms with Gasteiger partial charge in [0.15, 0.2) is 0 Å². The van der Waals surface area contributed by atoms with Gasteiger partial charge in [-0.2, -0.15) is 0 Å². The summed E-state index contributed by atoms with van der Waals surface area (Å²) >= 11 is 0. The molecule has 0 aromatic carbocycles. The van der Waals surface area contributed by atoms with Crippen LogP contribution in [0.2, 0.25) is 0 Å². The molecule has 0 spiro atoms. The Bertz CT molecular complexity index is 504. The standard InChI is InChI=1S/C13H20N4O3/c1-4-13(5-2,8-14)16-12(18)11-6-10(17(19)20)7-15-9(11)3/h6-7H,4-5,8,14H2,1-3H3,(H,16,18). The van der Waals surface area contributed by atoms with Crippen LogP contribution in [-0.4, -0.2) is 27.9 Å². The second kappa shape index (κ2) is 6.42. The quantitative estimate of drug-likeness (QED) is 0.606. The minimum Gasteiger partial charge on any atom is -0.345 e. The molecule has 0 atom stereocenters. The molecular weight excluding hydrogens is 260 g/mol. The summed E-state index contributed by atoms with van der Waals surface area (Å²) in [5, 5.41) is 13.6. The third-order valence-electron chi connectivity index (χ3n) is 3.65. The van der Waals surface area contributed by atoms with Crippen LogP contribution in [0.15, 0.2) is 12.3 Å². The molecule has 3 N–H and O–H groups in total. The van der Waals surface area contributed by atoms with Gasteiger partial charge in [0.25, 0.3) is 11.6 Å². The van der Waals surface area contributed by atoms with Gasteiger partial charge in [0.05, 0.1) is 21.7 Å². The van der Waals surface area contributed by atoms with Crippen molar-refractivity contribution in [1.29, 1.82) is 0 Å². The van der Waals surface area contributed by atoms with Crippen molar-refractivity contribution >= 4 is 11.6 Å². The van der Waals surface area contributed by atoms with E-state index in [1.54, 1.807) is 6.92 Å². The molecule has 0 radical (unpaired) electrons. The number of nitrogens with zero attached hydrogens (tertiary/aromatic N) is 2. The lowest BCUT2D eigenvalue weighted by atomic mass is 9.92. The van der Waals surface area contributed by atoms with E-state index in [0.29, 0.717) is 25.1 Å². The predicted molar refractivity (Wildman–Crippen MR) is 75.5 cm³/mol. The molecule has 0 saturated carbocycles. The van der Waals surface area contributed by atoms with Crippen LogP contribution in [0.1, 0.15) is 42.7 Å². The van der Waals surface area contributed by atoms with Crippen molar-refractivity contribution in [2.24, 2.45) is 5.73 Å². The zero-order valence-electron chi connectivity index (χ0n) is 12.0. The fraction of sp³-hybridized carbons (Fsp3) is 0.538. The number of aromatic nitrogens is 1. The van der Waals surface area contributed by atoms with E-state index in [9.17, 15) is 14.9 Å². The van der Waals surface area contributed by atoms with Crippen molar-refractivity contribution in [1.82, 2.24) is 10.3 Å². The Kier molecular flexibility index (Phi) is 5.15. The van der Waals surface area contributed by atoms with Crippen LogP contribution in [0.5, 0.6) is 0 Å². The summed E-state index contributed by atoms with van der Waals surface area (Å²) in [5.74, 6) is -0.382. The molecule has 110 valence electrons. The largest absolute Gasteiger partial charge is 0.345 e. The number of carbonyl (C=O) groups is 1. The van der Waals surface area contributed by atoms with Gasteiger partial charge in [-0.3, -0.25) is 19.9 Å². The Morgan fingerprint density at radius 2 is 2.10 bits per heavy atom.